The summed E-state index contributed by atoms with van der Waals surface area (Å²) < 4.78 is 14.0. The molecular weight excluding hydrogens is 367 g/mol. The molecule has 0 saturated heterocycles. The van der Waals surface area contributed by atoms with E-state index >= 15 is 0 Å². The summed E-state index contributed by atoms with van der Waals surface area (Å²) in [5.41, 5.74) is 4.84. The first-order valence-corrected chi connectivity index (χ1v) is 11.4. The normalized spacial score (nSPS) is 11.4. The lowest BCUT2D eigenvalue weighted by molar-refractivity contribution is 0.103. The van der Waals surface area contributed by atoms with Gasteiger partial charge in [0.15, 0.2) is 0 Å². The highest BCUT2D eigenvalue weighted by molar-refractivity contribution is 7.95. The fourth-order valence-corrected chi connectivity index (χ4v) is 6.53. The molecule has 4 heteroatoms. The van der Waals surface area contributed by atoms with Gasteiger partial charge in [0.1, 0.15) is 0 Å². The molecule has 0 aliphatic heterocycles. The zero-order valence-electron chi connectivity index (χ0n) is 17.7. The molecule has 28 heavy (non-hydrogen) atoms. The van der Waals surface area contributed by atoms with Crippen LogP contribution in [0.25, 0.3) is 0 Å². The third-order valence-corrected chi connectivity index (χ3v) is 7.73. The van der Waals surface area contributed by atoms with Crippen molar-refractivity contribution in [3.8, 4) is 0 Å². The molecular formula is C24H29O3P. The van der Waals surface area contributed by atoms with Gasteiger partial charge in [0.2, 0.25) is 18.2 Å². The van der Waals surface area contributed by atoms with Gasteiger partial charge in [0, 0.05) is 17.3 Å². The SMILES string of the molecule is C=CCCP(=O)(C(=O)c1c(C)cc(C)cc1C)C(=O)c1c(C)cc(C)cc1C. The van der Waals surface area contributed by atoms with Gasteiger partial charge in [-0.3, -0.25) is 9.59 Å². The quantitative estimate of drug-likeness (QED) is 0.399. The second-order valence-electron chi connectivity index (χ2n) is 7.70. The highest BCUT2D eigenvalue weighted by Gasteiger charge is 2.42. The third kappa shape index (κ3) is 4.10. The number of allylic oxidation sites excluding steroid dienone is 1. The number of aryl methyl sites for hydroxylation is 6. The van der Waals surface area contributed by atoms with Gasteiger partial charge in [0.05, 0.1) is 0 Å². The Hall–Kier alpha value is -2.25. The van der Waals surface area contributed by atoms with Gasteiger partial charge >= 0.3 is 0 Å². The van der Waals surface area contributed by atoms with Crippen LogP contribution in [0.15, 0.2) is 36.9 Å². The van der Waals surface area contributed by atoms with Crippen LogP contribution >= 0.6 is 7.14 Å². The van der Waals surface area contributed by atoms with E-state index in [1.165, 1.54) is 0 Å². The second kappa shape index (κ2) is 8.41. The van der Waals surface area contributed by atoms with E-state index < -0.39 is 18.2 Å². The van der Waals surface area contributed by atoms with Gasteiger partial charge in [-0.25, -0.2) is 0 Å². The molecule has 0 fully saturated rings. The van der Waals surface area contributed by atoms with Crippen LogP contribution in [0.4, 0.5) is 0 Å². The van der Waals surface area contributed by atoms with Crippen molar-refractivity contribution < 1.29 is 14.2 Å². The van der Waals surface area contributed by atoms with Gasteiger partial charge in [-0.15, -0.1) is 6.58 Å². The molecule has 3 nitrogen and oxygen atoms in total. The maximum atomic E-state index is 14.0. The van der Waals surface area contributed by atoms with Crippen LogP contribution in [0.1, 0.15) is 60.5 Å². The summed E-state index contributed by atoms with van der Waals surface area (Å²) >= 11 is 0. The van der Waals surface area contributed by atoms with Crippen LogP contribution in [0.5, 0.6) is 0 Å². The van der Waals surface area contributed by atoms with Gasteiger partial charge in [-0.05, 0) is 70.2 Å². The summed E-state index contributed by atoms with van der Waals surface area (Å²) in [5.74, 6) is 0. The molecule has 148 valence electrons. The highest BCUT2D eigenvalue weighted by atomic mass is 31.2. The maximum Gasteiger partial charge on any atom is 0.229 e. The van der Waals surface area contributed by atoms with Crippen LogP contribution in [-0.2, 0) is 4.57 Å². The fourth-order valence-electron chi connectivity index (χ4n) is 3.96. The predicted molar refractivity (Wildman–Crippen MR) is 117 cm³/mol. The summed E-state index contributed by atoms with van der Waals surface area (Å²) in [4.78, 5) is 27.0. The summed E-state index contributed by atoms with van der Waals surface area (Å²) in [6, 6.07) is 7.58. The van der Waals surface area contributed by atoms with E-state index in [4.69, 9.17) is 0 Å². The van der Waals surface area contributed by atoms with E-state index in [1.807, 2.05) is 65.8 Å². The molecule has 0 atom stereocenters. The van der Waals surface area contributed by atoms with E-state index in [2.05, 4.69) is 6.58 Å². The molecule has 0 aliphatic carbocycles. The van der Waals surface area contributed by atoms with Crippen molar-refractivity contribution in [1.82, 2.24) is 0 Å². The second-order valence-corrected chi connectivity index (χ2v) is 10.4. The Morgan fingerprint density at radius 2 is 1.11 bits per heavy atom. The largest absolute Gasteiger partial charge is 0.307 e. The molecule has 0 radical (unpaired) electrons. The number of carbonyl (C=O) groups excluding carboxylic acids is 2. The molecule has 0 heterocycles. The maximum absolute atomic E-state index is 14.0. The monoisotopic (exact) mass is 396 g/mol. The van der Waals surface area contributed by atoms with Crippen molar-refractivity contribution in [2.24, 2.45) is 0 Å². The zero-order chi connectivity index (χ0) is 21.2. The average molecular weight is 396 g/mol. The first-order valence-electron chi connectivity index (χ1n) is 9.48. The Morgan fingerprint density at radius 3 is 1.39 bits per heavy atom. The van der Waals surface area contributed by atoms with Gasteiger partial charge in [0.25, 0.3) is 0 Å². The molecule has 0 spiro atoms. The summed E-state index contributed by atoms with van der Waals surface area (Å²) in [6.45, 7) is 14.9. The van der Waals surface area contributed by atoms with E-state index in [0.717, 1.165) is 33.4 Å². The van der Waals surface area contributed by atoms with Crippen molar-refractivity contribution >= 4 is 18.2 Å². The minimum atomic E-state index is -3.85. The molecule has 0 aromatic heterocycles. The first kappa shape index (κ1) is 22.0. The number of rotatable bonds is 7. The summed E-state index contributed by atoms with van der Waals surface area (Å²) in [7, 11) is -3.85. The lowest BCUT2D eigenvalue weighted by Crippen LogP contribution is -2.17. The van der Waals surface area contributed by atoms with Crippen molar-refractivity contribution in [1.29, 1.82) is 0 Å². The smallest absolute Gasteiger partial charge is 0.229 e. The molecule has 0 aliphatic rings. The molecule has 0 amide bonds. The molecule has 0 N–H and O–H groups in total. The van der Waals surface area contributed by atoms with Crippen molar-refractivity contribution in [2.75, 3.05) is 6.16 Å². The number of hydrogen-bond donors (Lipinski definition) is 0. The molecule has 0 bridgehead atoms. The van der Waals surface area contributed by atoms with Crippen LogP contribution in [0.2, 0.25) is 0 Å². The Bertz CT molecular complexity index is 895. The Kier molecular flexibility index (Phi) is 6.62. The van der Waals surface area contributed by atoms with Crippen molar-refractivity contribution in [2.45, 2.75) is 48.0 Å². The van der Waals surface area contributed by atoms with Crippen LogP contribution in [0, 0.1) is 41.5 Å². The number of hydrogen-bond acceptors (Lipinski definition) is 3. The standard InChI is InChI=1S/C24H29O3P/c1-8-9-10-28(27,23(25)21-17(4)11-15(2)12-18(21)5)24(26)22-19(6)13-16(3)14-20(22)7/h8,11-14H,1,9-10H2,2-7H3. The minimum absolute atomic E-state index is 0.00762. The molecule has 0 unspecified atom stereocenters. The minimum Gasteiger partial charge on any atom is -0.307 e. The Labute approximate surface area is 168 Å². The van der Waals surface area contributed by atoms with Gasteiger partial charge < -0.3 is 4.57 Å². The van der Waals surface area contributed by atoms with Gasteiger partial charge in [-0.2, -0.15) is 0 Å². The summed E-state index contributed by atoms with van der Waals surface area (Å²) in [6.07, 6.45) is 1.97. The van der Waals surface area contributed by atoms with Crippen LogP contribution in [0.3, 0.4) is 0 Å². The first-order chi connectivity index (χ1) is 13.0. The molecule has 2 aromatic carbocycles. The summed E-state index contributed by atoms with van der Waals surface area (Å²) in [5, 5.41) is 0. The zero-order valence-corrected chi connectivity index (χ0v) is 18.6. The average Bonchev–Trinajstić information content (AvgIpc) is 2.57. The van der Waals surface area contributed by atoms with E-state index in [0.29, 0.717) is 17.5 Å². The van der Waals surface area contributed by atoms with E-state index in [1.54, 1.807) is 6.08 Å². The van der Waals surface area contributed by atoms with Gasteiger partial charge in [-0.1, -0.05) is 41.5 Å². The van der Waals surface area contributed by atoms with Crippen molar-refractivity contribution in [3.63, 3.8) is 0 Å². The topological polar surface area (TPSA) is 51.2 Å². The Morgan fingerprint density at radius 1 is 0.786 bits per heavy atom. The predicted octanol–water partition coefficient (Wildman–Crippen LogP) is 6.46. The number of carbonyl (C=O) groups is 2. The highest BCUT2D eigenvalue weighted by Crippen LogP contribution is 2.54. The third-order valence-electron chi connectivity index (χ3n) is 5.09. The fraction of sp³-hybridized carbons (Fsp3) is 0.333. The van der Waals surface area contributed by atoms with Crippen molar-refractivity contribution in [3.05, 3.63) is 81.4 Å². The van der Waals surface area contributed by atoms with Crippen LogP contribution in [-0.4, -0.2) is 17.2 Å². The van der Waals surface area contributed by atoms with Crippen LogP contribution < -0.4 is 0 Å². The lowest BCUT2D eigenvalue weighted by Gasteiger charge is -2.20. The Balaban J connectivity index is 2.68. The molecule has 2 rings (SSSR count). The lowest BCUT2D eigenvalue weighted by atomic mass is 10.0. The van der Waals surface area contributed by atoms with E-state index in [-0.39, 0.29) is 6.16 Å². The van der Waals surface area contributed by atoms with E-state index in [9.17, 15) is 14.2 Å². The number of benzene rings is 2. The molecule has 2 aromatic rings. The molecule has 0 saturated carbocycles.